The molecule has 2 atom stereocenters. The number of amides is 1. The normalized spacial score (nSPS) is 13.4. The summed E-state index contributed by atoms with van der Waals surface area (Å²) < 4.78 is 49.3. The third-order valence-electron chi connectivity index (χ3n) is 3.81. The van der Waals surface area contributed by atoms with Crippen molar-refractivity contribution in [1.29, 1.82) is 0 Å². The molecule has 1 aromatic carbocycles. The quantitative estimate of drug-likeness (QED) is 0.445. The van der Waals surface area contributed by atoms with Crippen LogP contribution in [0.15, 0.2) is 24.3 Å². The molecule has 0 saturated heterocycles. The molecule has 0 aromatic heterocycles. The van der Waals surface area contributed by atoms with Crippen molar-refractivity contribution in [3.8, 4) is 0 Å². The Kier molecular flexibility index (Phi) is 10.5. The third kappa shape index (κ3) is 10.7. The minimum absolute atomic E-state index is 0.213. The molecule has 1 amide bonds. The zero-order valence-corrected chi connectivity index (χ0v) is 17.0. The first kappa shape index (κ1) is 27.3. The average molecular weight is 438 g/mol. The van der Waals surface area contributed by atoms with E-state index in [1.807, 2.05) is 13.8 Å². The van der Waals surface area contributed by atoms with Gasteiger partial charge in [-0.3, -0.25) is 9.59 Å². The predicted octanol–water partition coefficient (Wildman–Crippen LogP) is 2.42. The molecule has 0 aliphatic carbocycles. The van der Waals surface area contributed by atoms with E-state index in [1.165, 1.54) is 19.2 Å². The SMILES string of the molecule is COC(=O)C(C)CC(N)C(=O)NC(C)(C)Cc1ccc(F)cc1.O=C(O)C(F)(F)F. The van der Waals surface area contributed by atoms with Crippen molar-refractivity contribution < 1.29 is 41.8 Å². The fraction of sp³-hybridized carbons (Fsp3) is 0.526. The third-order valence-corrected chi connectivity index (χ3v) is 3.81. The number of aliphatic carboxylic acids is 1. The average Bonchev–Trinajstić information content (AvgIpc) is 2.61. The molecular weight excluding hydrogens is 412 g/mol. The molecule has 0 saturated carbocycles. The van der Waals surface area contributed by atoms with Gasteiger partial charge in [-0.05, 0) is 44.4 Å². The van der Waals surface area contributed by atoms with Crippen LogP contribution in [-0.4, -0.2) is 47.8 Å². The van der Waals surface area contributed by atoms with E-state index in [9.17, 15) is 27.2 Å². The Morgan fingerprint density at radius 3 is 2.03 bits per heavy atom. The monoisotopic (exact) mass is 438 g/mol. The number of carboxylic acids is 1. The van der Waals surface area contributed by atoms with Gasteiger partial charge in [-0.15, -0.1) is 0 Å². The van der Waals surface area contributed by atoms with Crippen LogP contribution >= 0.6 is 0 Å². The van der Waals surface area contributed by atoms with Crippen molar-refractivity contribution in [3.63, 3.8) is 0 Å². The van der Waals surface area contributed by atoms with E-state index in [4.69, 9.17) is 15.6 Å². The highest BCUT2D eigenvalue weighted by Gasteiger charge is 2.38. The molecule has 170 valence electrons. The summed E-state index contributed by atoms with van der Waals surface area (Å²) in [6, 6.07) is 5.34. The summed E-state index contributed by atoms with van der Waals surface area (Å²) in [7, 11) is 1.30. The first-order chi connectivity index (χ1) is 13.6. The number of esters is 1. The van der Waals surface area contributed by atoms with Crippen LogP contribution in [-0.2, 0) is 25.5 Å². The zero-order valence-electron chi connectivity index (χ0n) is 17.0. The van der Waals surface area contributed by atoms with E-state index in [-0.39, 0.29) is 24.1 Å². The fourth-order valence-electron chi connectivity index (χ4n) is 2.37. The summed E-state index contributed by atoms with van der Waals surface area (Å²) in [5.74, 6) is -4.21. The van der Waals surface area contributed by atoms with E-state index in [1.54, 1.807) is 19.1 Å². The van der Waals surface area contributed by atoms with Gasteiger partial charge in [-0.2, -0.15) is 13.2 Å². The summed E-state index contributed by atoms with van der Waals surface area (Å²) in [5.41, 5.74) is 6.23. The molecule has 30 heavy (non-hydrogen) atoms. The van der Waals surface area contributed by atoms with Crippen molar-refractivity contribution in [2.75, 3.05) is 7.11 Å². The number of ether oxygens (including phenoxy) is 1. The number of nitrogens with two attached hydrogens (primary N) is 1. The minimum Gasteiger partial charge on any atom is -0.475 e. The predicted molar refractivity (Wildman–Crippen MR) is 99.8 cm³/mol. The van der Waals surface area contributed by atoms with Gasteiger partial charge in [-0.1, -0.05) is 19.1 Å². The smallest absolute Gasteiger partial charge is 0.475 e. The molecule has 0 heterocycles. The van der Waals surface area contributed by atoms with Crippen molar-refractivity contribution in [3.05, 3.63) is 35.6 Å². The van der Waals surface area contributed by atoms with Gasteiger partial charge in [0.15, 0.2) is 0 Å². The van der Waals surface area contributed by atoms with Crippen molar-refractivity contribution in [2.45, 2.75) is 51.4 Å². The van der Waals surface area contributed by atoms with Crippen molar-refractivity contribution >= 4 is 17.8 Å². The van der Waals surface area contributed by atoms with E-state index in [2.05, 4.69) is 10.1 Å². The number of carbonyl (C=O) groups excluding carboxylic acids is 2. The Labute approximate surface area is 171 Å². The molecule has 7 nitrogen and oxygen atoms in total. The first-order valence-electron chi connectivity index (χ1n) is 8.79. The van der Waals surface area contributed by atoms with Crippen LogP contribution in [0.5, 0.6) is 0 Å². The number of hydrogen-bond acceptors (Lipinski definition) is 5. The number of carbonyl (C=O) groups is 3. The summed E-state index contributed by atoms with van der Waals surface area (Å²) in [6.45, 7) is 5.40. The molecule has 0 bridgehead atoms. The molecule has 2 unspecified atom stereocenters. The Morgan fingerprint density at radius 2 is 1.63 bits per heavy atom. The van der Waals surface area contributed by atoms with Crippen molar-refractivity contribution in [1.82, 2.24) is 5.32 Å². The van der Waals surface area contributed by atoms with Crippen molar-refractivity contribution in [2.24, 2.45) is 11.7 Å². The van der Waals surface area contributed by atoms with Crippen LogP contribution in [0, 0.1) is 11.7 Å². The Bertz CT molecular complexity index is 721. The molecule has 0 aliphatic heterocycles. The summed E-state index contributed by atoms with van der Waals surface area (Å²) in [6.07, 6.45) is -4.33. The number of rotatable bonds is 7. The number of methoxy groups -OCH3 is 1. The second-order valence-corrected chi connectivity index (χ2v) is 7.25. The van der Waals surface area contributed by atoms with Crippen LogP contribution in [0.2, 0.25) is 0 Å². The van der Waals surface area contributed by atoms with E-state index in [0.29, 0.717) is 6.42 Å². The highest BCUT2D eigenvalue weighted by atomic mass is 19.4. The standard InChI is InChI=1S/C17H25FN2O3.C2HF3O2/c1-11(16(22)23-4)9-14(19)15(21)20-17(2,3)10-12-5-7-13(18)8-6-12;3-2(4,5)1(6)7/h5-8,11,14H,9-10,19H2,1-4H3,(H,20,21);(H,6,7). The minimum atomic E-state index is -5.08. The van der Waals surface area contributed by atoms with Gasteiger partial charge < -0.3 is 20.9 Å². The molecular formula is C19H26F4N2O5. The maximum Gasteiger partial charge on any atom is 0.490 e. The fourth-order valence-corrected chi connectivity index (χ4v) is 2.37. The van der Waals surface area contributed by atoms with Gasteiger partial charge in [0.1, 0.15) is 5.82 Å². The van der Waals surface area contributed by atoms with Crippen LogP contribution < -0.4 is 11.1 Å². The van der Waals surface area contributed by atoms with Crippen LogP contribution in [0.3, 0.4) is 0 Å². The van der Waals surface area contributed by atoms with Crippen LogP contribution in [0.4, 0.5) is 17.6 Å². The number of alkyl halides is 3. The van der Waals surface area contributed by atoms with E-state index in [0.717, 1.165) is 5.56 Å². The lowest BCUT2D eigenvalue weighted by atomic mass is 9.93. The van der Waals surface area contributed by atoms with E-state index >= 15 is 0 Å². The topological polar surface area (TPSA) is 119 Å². The Morgan fingerprint density at radius 1 is 1.17 bits per heavy atom. The Balaban J connectivity index is 0.00000103. The summed E-state index contributed by atoms with van der Waals surface area (Å²) in [5, 5.41) is 10.00. The van der Waals surface area contributed by atoms with E-state index < -0.39 is 29.6 Å². The molecule has 0 spiro atoms. The Hall–Kier alpha value is -2.69. The highest BCUT2D eigenvalue weighted by molar-refractivity contribution is 5.83. The van der Waals surface area contributed by atoms with Gasteiger partial charge in [-0.25, -0.2) is 9.18 Å². The molecule has 0 radical (unpaired) electrons. The number of carboxylic acid groups (broad SMARTS) is 1. The lowest BCUT2D eigenvalue weighted by Crippen LogP contribution is -2.52. The van der Waals surface area contributed by atoms with Crippen LogP contribution in [0.1, 0.15) is 32.8 Å². The highest BCUT2D eigenvalue weighted by Crippen LogP contribution is 2.15. The second-order valence-electron chi connectivity index (χ2n) is 7.25. The van der Waals surface area contributed by atoms with Gasteiger partial charge in [0.2, 0.25) is 5.91 Å². The number of halogens is 4. The van der Waals surface area contributed by atoms with Crippen LogP contribution in [0.25, 0.3) is 0 Å². The van der Waals surface area contributed by atoms with Gasteiger partial charge in [0, 0.05) is 5.54 Å². The molecule has 1 aromatic rings. The lowest BCUT2D eigenvalue weighted by molar-refractivity contribution is -0.192. The molecule has 4 N–H and O–H groups in total. The van der Waals surface area contributed by atoms with Gasteiger partial charge in [0.25, 0.3) is 0 Å². The second kappa shape index (κ2) is 11.5. The number of nitrogens with one attached hydrogen (secondary N) is 1. The number of benzene rings is 1. The molecule has 1 rings (SSSR count). The lowest BCUT2D eigenvalue weighted by Gasteiger charge is -2.28. The maximum atomic E-state index is 12.9. The number of hydrogen-bond donors (Lipinski definition) is 3. The molecule has 0 fully saturated rings. The summed E-state index contributed by atoms with van der Waals surface area (Å²) >= 11 is 0. The summed E-state index contributed by atoms with van der Waals surface area (Å²) in [4.78, 5) is 32.5. The first-order valence-corrected chi connectivity index (χ1v) is 8.79. The largest absolute Gasteiger partial charge is 0.490 e. The molecule has 0 aliphatic rings. The van der Waals surface area contributed by atoms with Gasteiger partial charge >= 0.3 is 18.1 Å². The van der Waals surface area contributed by atoms with Gasteiger partial charge in [0.05, 0.1) is 19.1 Å². The zero-order chi connectivity index (χ0) is 23.7. The maximum absolute atomic E-state index is 12.9. The molecule has 11 heteroatoms.